The summed E-state index contributed by atoms with van der Waals surface area (Å²) in [5.41, 5.74) is 0.276. The lowest BCUT2D eigenvalue weighted by Gasteiger charge is -2.07. The molecule has 0 aliphatic rings. The molecule has 0 atom stereocenters. The lowest BCUT2D eigenvalue weighted by molar-refractivity contribution is 0.606. The molecule has 0 aromatic heterocycles. The molecule has 78 valence electrons. The van der Waals surface area contributed by atoms with Crippen LogP contribution in [0.2, 0.25) is 10.0 Å². The average molecular weight is 319 g/mol. The van der Waals surface area contributed by atoms with Crippen LogP contribution < -0.4 is 4.72 Å². The maximum atomic E-state index is 11.2. The zero-order chi connectivity index (χ0) is 10.8. The summed E-state index contributed by atoms with van der Waals surface area (Å²) < 4.78 is 24.4. The number of sulfonamides is 1. The summed E-state index contributed by atoms with van der Waals surface area (Å²) in [6.45, 7) is 0. The maximum Gasteiger partial charge on any atom is 0.242 e. The first-order valence-corrected chi connectivity index (χ1v) is 7.00. The van der Waals surface area contributed by atoms with Gasteiger partial charge in [-0.05, 0) is 12.1 Å². The van der Waals surface area contributed by atoms with Gasteiger partial charge in [0.2, 0.25) is 10.0 Å². The highest BCUT2D eigenvalue weighted by Crippen LogP contribution is 2.30. The Hall–Kier alpha value is 0.0300. The molecule has 0 amide bonds. The van der Waals surface area contributed by atoms with E-state index in [-0.39, 0.29) is 15.4 Å². The van der Waals surface area contributed by atoms with Crippen molar-refractivity contribution in [1.29, 1.82) is 0 Å². The second kappa shape index (κ2) is 4.70. The highest BCUT2D eigenvalue weighted by molar-refractivity contribution is 9.10. The maximum absolute atomic E-state index is 11.2. The van der Waals surface area contributed by atoms with E-state index in [0.717, 1.165) is 0 Å². The van der Waals surface area contributed by atoms with Gasteiger partial charge in [-0.1, -0.05) is 45.2 Å². The van der Waals surface area contributed by atoms with Crippen LogP contribution in [-0.2, 0) is 10.0 Å². The lowest BCUT2D eigenvalue weighted by atomic mass is 10.3. The van der Waals surface area contributed by atoms with Gasteiger partial charge in [-0.25, -0.2) is 8.42 Å². The SMILES string of the molecule is O=S(=O)(CBr)Nc1cccc(Cl)c1Cl. The zero-order valence-electron chi connectivity index (χ0n) is 6.80. The van der Waals surface area contributed by atoms with Crippen molar-refractivity contribution in [2.75, 3.05) is 9.38 Å². The summed E-state index contributed by atoms with van der Waals surface area (Å²) in [5, 5.41) is 0.500. The lowest BCUT2D eigenvalue weighted by Crippen LogP contribution is -2.13. The van der Waals surface area contributed by atoms with Crippen molar-refractivity contribution in [3.8, 4) is 0 Å². The Morgan fingerprint density at radius 1 is 1.36 bits per heavy atom. The second-order valence-corrected chi connectivity index (χ2v) is 6.24. The van der Waals surface area contributed by atoms with Crippen molar-refractivity contribution in [2.24, 2.45) is 0 Å². The minimum absolute atomic E-state index is 0.192. The van der Waals surface area contributed by atoms with E-state index in [4.69, 9.17) is 23.2 Å². The minimum atomic E-state index is -3.39. The molecule has 14 heavy (non-hydrogen) atoms. The normalized spacial score (nSPS) is 11.4. The Bertz CT molecular complexity index is 435. The monoisotopic (exact) mass is 317 g/mol. The van der Waals surface area contributed by atoms with E-state index >= 15 is 0 Å². The third kappa shape index (κ3) is 3.02. The zero-order valence-corrected chi connectivity index (χ0v) is 10.7. The van der Waals surface area contributed by atoms with E-state index in [1.165, 1.54) is 6.07 Å². The molecule has 1 rings (SSSR count). The Morgan fingerprint density at radius 3 is 2.57 bits per heavy atom. The van der Waals surface area contributed by atoms with Crippen molar-refractivity contribution >= 4 is 54.8 Å². The number of halogens is 3. The van der Waals surface area contributed by atoms with E-state index < -0.39 is 10.0 Å². The van der Waals surface area contributed by atoms with Crippen LogP contribution in [-0.4, -0.2) is 13.1 Å². The summed E-state index contributed by atoms with van der Waals surface area (Å²) in [4.78, 5) is 0. The van der Waals surface area contributed by atoms with Crippen LogP contribution in [0.4, 0.5) is 5.69 Å². The van der Waals surface area contributed by atoms with E-state index in [0.29, 0.717) is 5.02 Å². The fourth-order valence-corrected chi connectivity index (χ4v) is 2.08. The molecule has 0 radical (unpaired) electrons. The molecule has 0 aliphatic carbocycles. The number of anilines is 1. The Balaban J connectivity index is 3.05. The van der Waals surface area contributed by atoms with E-state index in [9.17, 15) is 8.42 Å². The van der Waals surface area contributed by atoms with E-state index in [1.807, 2.05) is 0 Å². The van der Waals surface area contributed by atoms with Crippen LogP contribution in [0.15, 0.2) is 18.2 Å². The molecule has 0 bridgehead atoms. The van der Waals surface area contributed by atoms with Gasteiger partial charge in [0.05, 0.1) is 15.7 Å². The van der Waals surface area contributed by atoms with Gasteiger partial charge in [0.1, 0.15) is 4.66 Å². The predicted molar refractivity (Wildman–Crippen MR) is 62.8 cm³/mol. The van der Waals surface area contributed by atoms with Crippen molar-refractivity contribution < 1.29 is 8.42 Å². The van der Waals surface area contributed by atoms with Gasteiger partial charge in [0.25, 0.3) is 0 Å². The van der Waals surface area contributed by atoms with Gasteiger partial charge in [-0.15, -0.1) is 0 Å². The number of hydrogen-bond acceptors (Lipinski definition) is 2. The standard InChI is InChI=1S/C7H6BrCl2NO2S/c8-4-14(12,13)11-6-3-1-2-5(9)7(6)10/h1-3,11H,4H2. The third-order valence-electron chi connectivity index (χ3n) is 1.36. The number of nitrogens with one attached hydrogen (secondary N) is 1. The Labute approximate surface area is 101 Å². The molecule has 1 aromatic rings. The van der Waals surface area contributed by atoms with Crippen LogP contribution in [0.25, 0.3) is 0 Å². The van der Waals surface area contributed by atoms with E-state index in [1.54, 1.807) is 12.1 Å². The molecule has 0 fully saturated rings. The average Bonchev–Trinajstić information content (AvgIpc) is 2.13. The largest absolute Gasteiger partial charge is 0.281 e. The molecule has 0 saturated heterocycles. The van der Waals surface area contributed by atoms with Gasteiger partial charge < -0.3 is 0 Å². The molecule has 7 heteroatoms. The third-order valence-corrected chi connectivity index (χ3v) is 4.81. The summed E-state index contributed by atoms with van der Waals surface area (Å²) in [7, 11) is -3.39. The quantitative estimate of drug-likeness (QED) is 0.870. The smallest absolute Gasteiger partial charge is 0.242 e. The molecule has 1 N–H and O–H groups in total. The number of alkyl halides is 1. The first-order chi connectivity index (χ1) is 6.46. The van der Waals surface area contributed by atoms with E-state index in [2.05, 4.69) is 20.7 Å². The minimum Gasteiger partial charge on any atom is -0.281 e. The topological polar surface area (TPSA) is 46.2 Å². The van der Waals surface area contributed by atoms with Crippen molar-refractivity contribution in [1.82, 2.24) is 0 Å². The highest BCUT2D eigenvalue weighted by atomic mass is 79.9. The van der Waals surface area contributed by atoms with Crippen molar-refractivity contribution in [2.45, 2.75) is 0 Å². The van der Waals surface area contributed by atoms with Crippen LogP contribution in [0, 0.1) is 0 Å². The molecule has 0 spiro atoms. The number of rotatable bonds is 3. The molecule has 0 unspecified atom stereocenters. The van der Waals surface area contributed by atoms with Gasteiger partial charge in [-0.2, -0.15) is 0 Å². The van der Waals surface area contributed by atoms with Gasteiger partial charge in [0.15, 0.2) is 0 Å². The molecule has 0 heterocycles. The number of benzene rings is 1. The highest BCUT2D eigenvalue weighted by Gasteiger charge is 2.11. The van der Waals surface area contributed by atoms with Gasteiger partial charge >= 0.3 is 0 Å². The van der Waals surface area contributed by atoms with Crippen LogP contribution >= 0.6 is 39.1 Å². The summed E-state index contributed by atoms with van der Waals surface area (Å²) in [6, 6.07) is 4.73. The summed E-state index contributed by atoms with van der Waals surface area (Å²) >= 11 is 14.3. The number of hydrogen-bond donors (Lipinski definition) is 1. The molecular weight excluding hydrogens is 313 g/mol. The first-order valence-electron chi connectivity index (χ1n) is 3.47. The summed E-state index contributed by atoms with van der Waals surface area (Å²) in [6.07, 6.45) is 0. The van der Waals surface area contributed by atoms with Crippen LogP contribution in [0.1, 0.15) is 0 Å². The molecule has 3 nitrogen and oxygen atoms in total. The second-order valence-electron chi connectivity index (χ2n) is 2.43. The first kappa shape index (κ1) is 12.1. The van der Waals surface area contributed by atoms with Gasteiger partial charge in [0, 0.05) is 0 Å². The Kier molecular flexibility index (Phi) is 4.06. The van der Waals surface area contributed by atoms with Gasteiger partial charge in [-0.3, -0.25) is 4.72 Å². The summed E-state index contributed by atoms with van der Waals surface area (Å²) in [5.74, 6) is 0. The molecule has 0 saturated carbocycles. The molecular formula is C7H6BrCl2NO2S. The van der Waals surface area contributed by atoms with Crippen molar-refractivity contribution in [3.63, 3.8) is 0 Å². The fourth-order valence-electron chi connectivity index (χ4n) is 0.777. The Morgan fingerprint density at radius 2 is 2.00 bits per heavy atom. The fraction of sp³-hybridized carbons (Fsp3) is 0.143. The van der Waals surface area contributed by atoms with Crippen molar-refractivity contribution in [3.05, 3.63) is 28.2 Å². The van der Waals surface area contributed by atoms with Crippen LogP contribution in [0.5, 0.6) is 0 Å². The van der Waals surface area contributed by atoms with Crippen LogP contribution in [0.3, 0.4) is 0 Å². The molecule has 1 aromatic carbocycles. The predicted octanol–water partition coefficient (Wildman–Crippen LogP) is 3.09. The molecule has 0 aliphatic heterocycles.